The molecule has 1 unspecified atom stereocenters. The van der Waals surface area contributed by atoms with Crippen molar-refractivity contribution in [2.75, 3.05) is 7.05 Å². The molecule has 1 aromatic rings. The molecule has 1 atom stereocenters. The number of rotatable bonds is 2. The van der Waals surface area contributed by atoms with Crippen LogP contribution in [0.15, 0.2) is 15.8 Å². The Morgan fingerprint density at radius 1 is 1.62 bits per heavy atom. The van der Waals surface area contributed by atoms with E-state index in [1.165, 1.54) is 0 Å². The summed E-state index contributed by atoms with van der Waals surface area (Å²) in [5.41, 5.74) is -1.63. The third-order valence-corrected chi connectivity index (χ3v) is 1.76. The van der Waals surface area contributed by atoms with Crippen LogP contribution >= 0.6 is 0 Å². The fourth-order valence-electron chi connectivity index (χ4n) is 0.888. The lowest BCUT2D eigenvalue weighted by molar-refractivity contribution is 0.436. The molecule has 1 aromatic heterocycles. The molecule has 13 heavy (non-hydrogen) atoms. The molecule has 0 aliphatic heterocycles. The van der Waals surface area contributed by atoms with Gasteiger partial charge in [-0.25, -0.2) is 4.79 Å². The topological polar surface area (TPSA) is 66.9 Å². The summed E-state index contributed by atoms with van der Waals surface area (Å²) >= 11 is 0. The number of hydrogen-bond donors (Lipinski definition) is 2. The molecule has 1 rings (SSSR count). The van der Waals surface area contributed by atoms with Crippen LogP contribution < -0.4 is 16.6 Å². The minimum Gasteiger partial charge on any atom is -0.300 e. The maximum Gasteiger partial charge on any atom is 0.329 e. The van der Waals surface area contributed by atoms with Crippen LogP contribution in [0.3, 0.4) is 0 Å². The van der Waals surface area contributed by atoms with Gasteiger partial charge in [0.15, 0.2) is 0 Å². The standard InChI is InChI=1S/C7H10FN3O2/c1-4(9-2)11-3-5(8)6(12)10-7(11)13/h3-4,9H,1-2H3,(H,10,12,13). The smallest absolute Gasteiger partial charge is 0.300 e. The zero-order valence-electron chi connectivity index (χ0n) is 7.30. The molecule has 0 bridgehead atoms. The highest BCUT2D eigenvalue weighted by Crippen LogP contribution is 1.94. The molecule has 0 amide bonds. The van der Waals surface area contributed by atoms with E-state index in [-0.39, 0.29) is 6.17 Å². The molecule has 0 saturated heterocycles. The van der Waals surface area contributed by atoms with Gasteiger partial charge in [-0.05, 0) is 14.0 Å². The summed E-state index contributed by atoms with van der Waals surface area (Å²) in [6.45, 7) is 1.67. The molecule has 2 N–H and O–H groups in total. The monoisotopic (exact) mass is 187 g/mol. The minimum absolute atomic E-state index is 0.362. The van der Waals surface area contributed by atoms with Crippen LogP contribution in [0.1, 0.15) is 13.1 Å². The summed E-state index contributed by atoms with van der Waals surface area (Å²) < 4.78 is 13.8. The first-order valence-corrected chi connectivity index (χ1v) is 3.74. The molecule has 0 fully saturated rings. The van der Waals surface area contributed by atoms with Crippen LogP contribution in [-0.4, -0.2) is 16.6 Å². The second-order valence-electron chi connectivity index (χ2n) is 2.61. The van der Waals surface area contributed by atoms with Gasteiger partial charge in [-0.3, -0.25) is 14.3 Å². The van der Waals surface area contributed by atoms with Gasteiger partial charge in [0.1, 0.15) is 0 Å². The van der Waals surface area contributed by atoms with Crippen molar-refractivity contribution in [1.29, 1.82) is 0 Å². The maximum absolute atomic E-state index is 12.7. The van der Waals surface area contributed by atoms with E-state index in [0.29, 0.717) is 0 Å². The first-order chi connectivity index (χ1) is 6.06. The predicted molar refractivity (Wildman–Crippen MR) is 45.1 cm³/mol. The van der Waals surface area contributed by atoms with Crippen molar-refractivity contribution in [3.63, 3.8) is 0 Å². The van der Waals surface area contributed by atoms with Crippen LogP contribution in [-0.2, 0) is 0 Å². The Balaban J connectivity index is 3.32. The molecule has 1 heterocycles. The largest absolute Gasteiger partial charge is 0.329 e. The van der Waals surface area contributed by atoms with Gasteiger partial charge >= 0.3 is 5.69 Å². The molecule has 6 heteroatoms. The highest BCUT2D eigenvalue weighted by Gasteiger charge is 2.07. The lowest BCUT2D eigenvalue weighted by atomic mass is 10.5. The van der Waals surface area contributed by atoms with Gasteiger partial charge in [-0.1, -0.05) is 0 Å². The van der Waals surface area contributed by atoms with Crippen molar-refractivity contribution in [1.82, 2.24) is 14.9 Å². The Bertz CT molecular complexity index is 409. The van der Waals surface area contributed by atoms with Gasteiger partial charge < -0.3 is 5.32 Å². The van der Waals surface area contributed by atoms with Crippen LogP contribution in [0.2, 0.25) is 0 Å². The molecule has 0 aromatic carbocycles. The summed E-state index contributed by atoms with van der Waals surface area (Å²) in [6.07, 6.45) is 0.515. The third-order valence-electron chi connectivity index (χ3n) is 1.76. The number of aromatic nitrogens is 2. The van der Waals surface area contributed by atoms with E-state index in [1.807, 2.05) is 4.98 Å². The van der Waals surface area contributed by atoms with Crippen LogP contribution in [0, 0.1) is 5.82 Å². The van der Waals surface area contributed by atoms with Gasteiger partial charge in [0.2, 0.25) is 5.82 Å². The maximum atomic E-state index is 12.7. The van der Waals surface area contributed by atoms with E-state index in [1.54, 1.807) is 14.0 Å². The Kier molecular flexibility index (Phi) is 2.62. The highest BCUT2D eigenvalue weighted by molar-refractivity contribution is 4.88. The summed E-state index contributed by atoms with van der Waals surface area (Å²) in [5, 5.41) is 2.74. The summed E-state index contributed by atoms with van der Waals surface area (Å²) in [4.78, 5) is 23.6. The summed E-state index contributed by atoms with van der Waals surface area (Å²) in [5.74, 6) is -0.971. The first-order valence-electron chi connectivity index (χ1n) is 3.74. The van der Waals surface area contributed by atoms with Crippen LogP contribution in [0.4, 0.5) is 4.39 Å². The summed E-state index contributed by atoms with van der Waals surface area (Å²) in [6, 6.07) is 0. The number of nitrogens with zero attached hydrogens (tertiary/aromatic N) is 1. The fraction of sp³-hybridized carbons (Fsp3) is 0.429. The van der Waals surface area contributed by atoms with E-state index in [9.17, 15) is 14.0 Å². The number of nitrogens with one attached hydrogen (secondary N) is 2. The fourth-order valence-corrected chi connectivity index (χ4v) is 0.888. The Labute approximate surface area is 73.2 Å². The molecule has 0 spiro atoms. The van der Waals surface area contributed by atoms with Crippen molar-refractivity contribution in [3.05, 3.63) is 32.9 Å². The Morgan fingerprint density at radius 3 is 2.77 bits per heavy atom. The second kappa shape index (κ2) is 3.53. The molecular formula is C7H10FN3O2. The average Bonchev–Trinajstić information content (AvgIpc) is 2.10. The van der Waals surface area contributed by atoms with Gasteiger partial charge in [0.25, 0.3) is 5.56 Å². The second-order valence-corrected chi connectivity index (χ2v) is 2.61. The summed E-state index contributed by atoms with van der Waals surface area (Å²) in [7, 11) is 1.63. The zero-order valence-corrected chi connectivity index (χ0v) is 7.30. The zero-order chi connectivity index (χ0) is 10.0. The first kappa shape index (κ1) is 9.66. The van der Waals surface area contributed by atoms with Crippen LogP contribution in [0.5, 0.6) is 0 Å². The van der Waals surface area contributed by atoms with Crippen molar-refractivity contribution < 1.29 is 4.39 Å². The van der Waals surface area contributed by atoms with Gasteiger partial charge in [-0.2, -0.15) is 4.39 Å². The molecule has 5 nitrogen and oxygen atoms in total. The normalized spacial score (nSPS) is 12.8. The van der Waals surface area contributed by atoms with Gasteiger partial charge in [-0.15, -0.1) is 0 Å². The Hall–Kier alpha value is -1.43. The quantitative estimate of drug-likeness (QED) is 0.650. The molecule has 72 valence electrons. The molecule has 0 saturated carbocycles. The van der Waals surface area contributed by atoms with Gasteiger partial charge in [0, 0.05) is 0 Å². The highest BCUT2D eigenvalue weighted by atomic mass is 19.1. The van der Waals surface area contributed by atoms with Crippen molar-refractivity contribution in [2.45, 2.75) is 13.1 Å². The molecular weight excluding hydrogens is 177 g/mol. The van der Waals surface area contributed by atoms with E-state index in [0.717, 1.165) is 10.8 Å². The van der Waals surface area contributed by atoms with E-state index >= 15 is 0 Å². The van der Waals surface area contributed by atoms with E-state index in [4.69, 9.17) is 0 Å². The Morgan fingerprint density at radius 2 is 2.23 bits per heavy atom. The molecule has 0 aliphatic rings. The minimum atomic E-state index is -0.996. The number of H-pyrrole nitrogens is 1. The predicted octanol–water partition coefficient (Wildman–Crippen LogP) is -0.586. The van der Waals surface area contributed by atoms with Crippen molar-refractivity contribution in [2.24, 2.45) is 0 Å². The average molecular weight is 187 g/mol. The van der Waals surface area contributed by atoms with Gasteiger partial charge in [0.05, 0.1) is 12.4 Å². The number of hydrogen-bond acceptors (Lipinski definition) is 3. The lowest BCUT2D eigenvalue weighted by Crippen LogP contribution is -2.36. The molecule has 0 radical (unpaired) electrons. The van der Waals surface area contributed by atoms with Crippen molar-refractivity contribution in [3.8, 4) is 0 Å². The lowest BCUT2D eigenvalue weighted by Gasteiger charge is -2.12. The number of aromatic amines is 1. The van der Waals surface area contributed by atoms with Crippen molar-refractivity contribution >= 4 is 0 Å². The SMILES string of the molecule is CNC(C)n1cc(F)c(=O)[nH]c1=O. The third kappa shape index (κ3) is 1.83. The van der Waals surface area contributed by atoms with E-state index in [2.05, 4.69) is 5.32 Å². The number of halogens is 1. The van der Waals surface area contributed by atoms with E-state index < -0.39 is 17.1 Å². The molecule has 0 aliphatic carbocycles. The van der Waals surface area contributed by atoms with Crippen LogP contribution in [0.25, 0.3) is 0 Å².